The minimum Gasteiger partial charge on any atom is -0.493 e. The highest BCUT2D eigenvalue weighted by Gasteiger charge is 2.23. The van der Waals surface area contributed by atoms with Crippen molar-refractivity contribution in [3.05, 3.63) is 64.7 Å². The molecule has 0 aromatic heterocycles. The maximum atomic E-state index is 13.3. The minimum atomic E-state index is -0.592. The molecule has 0 spiro atoms. The molecule has 2 N–H and O–H groups in total. The molecule has 1 aliphatic heterocycles. The van der Waals surface area contributed by atoms with Gasteiger partial charge in [0.15, 0.2) is 0 Å². The molecule has 2 atom stereocenters. The highest BCUT2D eigenvalue weighted by atomic mass is 19.1. The van der Waals surface area contributed by atoms with E-state index >= 15 is 0 Å². The van der Waals surface area contributed by atoms with Gasteiger partial charge in [0.1, 0.15) is 17.4 Å². The first-order chi connectivity index (χ1) is 13.7. The van der Waals surface area contributed by atoms with Crippen molar-refractivity contribution in [2.75, 3.05) is 13.2 Å². The lowest BCUT2D eigenvalue weighted by Crippen LogP contribution is -2.33. The number of hydrogen-bond acceptors (Lipinski definition) is 3. The van der Waals surface area contributed by atoms with Crippen LogP contribution in [-0.2, 0) is 12.8 Å². The van der Waals surface area contributed by atoms with E-state index in [4.69, 9.17) is 4.74 Å². The Bertz CT molecular complexity index is 812. The largest absolute Gasteiger partial charge is 0.493 e. The molecule has 0 saturated carbocycles. The third kappa shape index (κ3) is 6.51. The molecule has 0 fully saturated rings. The number of fused-ring (bicyclic) bond motifs is 1. The Morgan fingerprint density at radius 2 is 1.83 bits per heavy atom. The van der Waals surface area contributed by atoms with E-state index in [-0.39, 0.29) is 11.5 Å². The van der Waals surface area contributed by atoms with Gasteiger partial charge in [0.2, 0.25) is 0 Å². The molecule has 2 aromatic carbocycles. The number of nitrogens with one attached hydrogen (secondary N) is 1. The first-order valence-corrected chi connectivity index (χ1v) is 10.3. The molecule has 2 unspecified atom stereocenters. The van der Waals surface area contributed by atoms with Crippen molar-refractivity contribution in [2.24, 2.45) is 5.41 Å². The van der Waals surface area contributed by atoms with Gasteiger partial charge in [-0.05, 0) is 54.0 Å². The molecule has 2 aromatic rings. The lowest BCUT2D eigenvalue weighted by molar-refractivity contribution is 0.151. The molecular weight excluding hydrogens is 372 g/mol. The molecule has 0 bridgehead atoms. The summed E-state index contributed by atoms with van der Waals surface area (Å²) in [7, 11) is 0. The average Bonchev–Trinajstić information content (AvgIpc) is 2.62. The molecule has 158 valence electrons. The zero-order chi connectivity index (χ0) is 21.0. The highest BCUT2D eigenvalue weighted by molar-refractivity contribution is 5.41. The summed E-state index contributed by atoms with van der Waals surface area (Å²) < 4.78 is 32.4. The lowest BCUT2D eigenvalue weighted by Gasteiger charge is -2.29. The maximum Gasteiger partial charge on any atom is 0.126 e. The van der Waals surface area contributed by atoms with Crippen molar-refractivity contribution < 1.29 is 18.6 Å². The van der Waals surface area contributed by atoms with Crippen molar-refractivity contribution in [2.45, 2.75) is 58.6 Å². The van der Waals surface area contributed by atoms with E-state index in [1.807, 2.05) is 6.07 Å². The topological polar surface area (TPSA) is 41.5 Å². The molecule has 0 radical (unpaired) electrons. The Morgan fingerprint density at radius 1 is 1.10 bits per heavy atom. The van der Waals surface area contributed by atoms with Crippen LogP contribution in [0, 0.1) is 17.0 Å². The van der Waals surface area contributed by atoms with Crippen LogP contribution in [0.25, 0.3) is 0 Å². The summed E-state index contributed by atoms with van der Waals surface area (Å²) in [4.78, 5) is 0. The van der Waals surface area contributed by atoms with Gasteiger partial charge in [-0.1, -0.05) is 32.9 Å². The number of aryl methyl sites for hydroxylation is 1. The number of ether oxygens (including phenoxy) is 1. The van der Waals surface area contributed by atoms with Crippen LogP contribution in [0.3, 0.4) is 0 Å². The Morgan fingerprint density at radius 3 is 2.52 bits per heavy atom. The second-order valence-electron chi connectivity index (χ2n) is 9.18. The van der Waals surface area contributed by atoms with Crippen LogP contribution in [0.5, 0.6) is 5.75 Å². The molecule has 0 saturated heterocycles. The summed E-state index contributed by atoms with van der Waals surface area (Å²) in [6.45, 7) is 7.73. The third-order valence-electron chi connectivity index (χ3n) is 5.14. The number of hydrogen-bond donors (Lipinski definition) is 2. The van der Waals surface area contributed by atoms with Gasteiger partial charge in [0, 0.05) is 30.6 Å². The first-order valence-electron chi connectivity index (χ1n) is 10.3. The number of benzene rings is 2. The van der Waals surface area contributed by atoms with Crippen LogP contribution >= 0.6 is 0 Å². The fourth-order valence-corrected chi connectivity index (χ4v) is 3.85. The zero-order valence-corrected chi connectivity index (χ0v) is 17.5. The van der Waals surface area contributed by atoms with Crippen molar-refractivity contribution in [1.29, 1.82) is 0 Å². The summed E-state index contributed by atoms with van der Waals surface area (Å²) >= 11 is 0. The average molecular weight is 404 g/mol. The van der Waals surface area contributed by atoms with E-state index in [0.717, 1.165) is 30.2 Å². The van der Waals surface area contributed by atoms with Gasteiger partial charge in [0.05, 0.1) is 12.7 Å². The molecule has 1 heterocycles. The Balaban J connectivity index is 1.57. The molecule has 3 rings (SSSR count). The van der Waals surface area contributed by atoms with Gasteiger partial charge in [-0.25, -0.2) is 8.78 Å². The SMILES string of the molecule is CC(C)(C)Cc1ccc2c(c1)C(NCC(O)CCc1cc(F)cc(F)c1)CCO2. The van der Waals surface area contributed by atoms with Crippen LogP contribution in [-0.4, -0.2) is 24.4 Å². The summed E-state index contributed by atoms with van der Waals surface area (Å²) in [6, 6.07) is 9.99. The Hall–Kier alpha value is -1.98. The van der Waals surface area contributed by atoms with Crippen molar-refractivity contribution in [3.8, 4) is 5.75 Å². The third-order valence-corrected chi connectivity index (χ3v) is 5.14. The molecular formula is C24H31F2NO2. The quantitative estimate of drug-likeness (QED) is 0.687. The first kappa shape index (κ1) is 21.7. The molecule has 0 amide bonds. The van der Waals surface area contributed by atoms with Crippen LogP contribution < -0.4 is 10.1 Å². The van der Waals surface area contributed by atoms with Gasteiger partial charge in [0.25, 0.3) is 0 Å². The highest BCUT2D eigenvalue weighted by Crippen LogP contribution is 2.34. The van der Waals surface area contributed by atoms with Gasteiger partial charge >= 0.3 is 0 Å². The minimum absolute atomic E-state index is 0.125. The summed E-state index contributed by atoms with van der Waals surface area (Å²) in [5, 5.41) is 13.8. The van der Waals surface area contributed by atoms with E-state index in [0.29, 0.717) is 31.6 Å². The fraction of sp³-hybridized carbons (Fsp3) is 0.500. The number of rotatable bonds is 7. The molecule has 0 aliphatic carbocycles. The zero-order valence-electron chi connectivity index (χ0n) is 17.5. The Kier molecular flexibility index (Phi) is 6.91. The summed E-state index contributed by atoms with van der Waals surface area (Å²) in [5.41, 5.74) is 3.18. The predicted octanol–water partition coefficient (Wildman–Crippen LogP) is 4.96. The van der Waals surface area contributed by atoms with Crippen LogP contribution in [0.1, 0.15) is 56.3 Å². The second-order valence-corrected chi connectivity index (χ2v) is 9.18. The fourth-order valence-electron chi connectivity index (χ4n) is 3.85. The summed E-state index contributed by atoms with van der Waals surface area (Å²) in [5.74, 6) is -0.272. The standard InChI is InChI=1S/C24H31F2NO2/c1-24(2,3)14-17-5-7-23-21(12-17)22(8-9-29-23)27-15-20(28)6-4-16-10-18(25)13-19(26)11-16/h5,7,10-13,20,22,27-28H,4,6,8-9,14-15H2,1-3H3. The Labute approximate surface area is 172 Å². The second kappa shape index (κ2) is 9.23. The monoisotopic (exact) mass is 403 g/mol. The number of halogens is 2. The van der Waals surface area contributed by atoms with Crippen LogP contribution in [0.4, 0.5) is 8.78 Å². The lowest BCUT2D eigenvalue weighted by atomic mass is 9.86. The maximum absolute atomic E-state index is 13.3. The molecule has 1 aliphatic rings. The van der Waals surface area contributed by atoms with Crippen LogP contribution in [0.15, 0.2) is 36.4 Å². The molecule has 3 nitrogen and oxygen atoms in total. The van der Waals surface area contributed by atoms with Crippen molar-refractivity contribution >= 4 is 0 Å². The van der Waals surface area contributed by atoms with Crippen LogP contribution in [0.2, 0.25) is 0 Å². The van der Waals surface area contributed by atoms with Crippen molar-refractivity contribution in [3.63, 3.8) is 0 Å². The van der Waals surface area contributed by atoms with E-state index in [2.05, 4.69) is 38.2 Å². The molecule has 5 heteroatoms. The van der Waals surface area contributed by atoms with E-state index in [9.17, 15) is 13.9 Å². The summed E-state index contributed by atoms with van der Waals surface area (Å²) in [6.07, 6.45) is 2.10. The smallest absolute Gasteiger partial charge is 0.126 e. The van der Waals surface area contributed by atoms with Crippen molar-refractivity contribution in [1.82, 2.24) is 5.32 Å². The van der Waals surface area contributed by atoms with E-state index in [1.165, 1.54) is 17.7 Å². The normalized spacial score (nSPS) is 17.5. The van der Waals surface area contributed by atoms with E-state index < -0.39 is 17.7 Å². The van der Waals surface area contributed by atoms with E-state index in [1.54, 1.807) is 0 Å². The number of aliphatic hydroxyl groups is 1. The van der Waals surface area contributed by atoms with Gasteiger partial charge in [-0.2, -0.15) is 0 Å². The van der Waals surface area contributed by atoms with Gasteiger partial charge < -0.3 is 15.2 Å². The molecule has 29 heavy (non-hydrogen) atoms. The van der Waals surface area contributed by atoms with Gasteiger partial charge in [-0.3, -0.25) is 0 Å². The van der Waals surface area contributed by atoms with Gasteiger partial charge in [-0.15, -0.1) is 0 Å². The number of aliphatic hydroxyl groups excluding tert-OH is 1. The predicted molar refractivity (Wildman–Crippen MR) is 111 cm³/mol.